The van der Waals surface area contributed by atoms with Crippen LogP contribution >= 0.6 is 0 Å². The molecule has 0 amide bonds. The molecular formula is C16H25NO4S. The van der Waals surface area contributed by atoms with Crippen molar-refractivity contribution in [3.05, 3.63) is 35.4 Å². The average molecular weight is 327 g/mol. The highest BCUT2D eigenvalue weighted by molar-refractivity contribution is 7.89. The second-order valence-corrected chi connectivity index (χ2v) is 8.10. The summed E-state index contributed by atoms with van der Waals surface area (Å²) >= 11 is 0. The normalized spacial score (nSPS) is 12.2. The Morgan fingerprint density at radius 3 is 2.41 bits per heavy atom. The van der Waals surface area contributed by atoms with Crippen LogP contribution in [0, 0.1) is 0 Å². The summed E-state index contributed by atoms with van der Waals surface area (Å²) in [6, 6.07) is 7.04. The van der Waals surface area contributed by atoms with Gasteiger partial charge in [0.15, 0.2) is 0 Å². The summed E-state index contributed by atoms with van der Waals surface area (Å²) in [5.74, 6) is -0.737. The van der Waals surface area contributed by atoms with Crippen LogP contribution in [0.1, 0.15) is 62.9 Å². The largest absolute Gasteiger partial charge is 0.358 e. The third kappa shape index (κ3) is 5.77. The lowest BCUT2D eigenvalue weighted by atomic mass is 9.84. The third-order valence-electron chi connectivity index (χ3n) is 3.23. The van der Waals surface area contributed by atoms with Crippen molar-refractivity contribution in [2.75, 3.05) is 5.75 Å². The van der Waals surface area contributed by atoms with Crippen molar-refractivity contribution in [1.82, 2.24) is 4.89 Å². The highest BCUT2D eigenvalue weighted by Crippen LogP contribution is 2.26. The van der Waals surface area contributed by atoms with Gasteiger partial charge < -0.3 is 4.84 Å². The zero-order chi connectivity index (χ0) is 16.8. The van der Waals surface area contributed by atoms with Gasteiger partial charge >= 0.3 is 5.97 Å². The first kappa shape index (κ1) is 18.6. The molecule has 0 aromatic heterocycles. The summed E-state index contributed by atoms with van der Waals surface area (Å²) in [4.78, 5) is 18.8. The number of sulfonamides is 1. The van der Waals surface area contributed by atoms with Crippen molar-refractivity contribution in [1.29, 1.82) is 0 Å². The fourth-order valence-corrected chi connectivity index (χ4v) is 2.93. The second-order valence-electron chi connectivity index (χ2n) is 6.29. The van der Waals surface area contributed by atoms with Crippen LogP contribution in [0.25, 0.3) is 0 Å². The van der Waals surface area contributed by atoms with Gasteiger partial charge in [0, 0.05) is 0 Å². The van der Waals surface area contributed by atoms with Gasteiger partial charge in [0.1, 0.15) is 0 Å². The third-order valence-corrected chi connectivity index (χ3v) is 4.40. The fourth-order valence-electron chi connectivity index (χ4n) is 2.06. The van der Waals surface area contributed by atoms with Crippen LogP contribution in [0.4, 0.5) is 0 Å². The highest BCUT2D eigenvalue weighted by atomic mass is 32.2. The van der Waals surface area contributed by atoms with Crippen LogP contribution in [0.3, 0.4) is 0 Å². The zero-order valence-corrected chi connectivity index (χ0v) is 14.5. The fraction of sp³-hybridized carbons (Fsp3) is 0.562. The van der Waals surface area contributed by atoms with Crippen molar-refractivity contribution in [2.45, 2.75) is 52.4 Å². The van der Waals surface area contributed by atoms with Crippen molar-refractivity contribution in [3.8, 4) is 0 Å². The van der Waals surface area contributed by atoms with Gasteiger partial charge in [-0.1, -0.05) is 58.7 Å². The van der Waals surface area contributed by atoms with E-state index in [1.807, 2.05) is 44.7 Å². The predicted octanol–water partition coefficient (Wildman–Crippen LogP) is 3.17. The number of carbonyl (C=O) groups excluding carboxylic acids is 1. The molecule has 6 heteroatoms. The minimum Gasteiger partial charge on any atom is -0.351 e. The Labute approximate surface area is 133 Å². The van der Waals surface area contributed by atoms with Crippen LogP contribution in [0.15, 0.2) is 24.3 Å². The van der Waals surface area contributed by atoms with E-state index in [1.165, 1.54) is 0 Å². The Hall–Kier alpha value is -1.40. The molecular weight excluding hydrogens is 302 g/mol. The van der Waals surface area contributed by atoms with Crippen LogP contribution in [0.5, 0.6) is 0 Å². The van der Waals surface area contributed by atoms with Gasteiger partial charge in [-0.05, 0) is 28.4 Å². The minimum absolute atomic E-state index is 0.0466. The molecule has 0 saturated heterocycles. The number of nitrogens with one attached hydrogen (secondary N) is 1. The summed E-state index contributed by atoms with van der Waals surface area (Å²) < 4.78 is 23.5. The molecule has 22 heavy (non-hydrogen) atoms. The van der Waals surface area contributed by atoms with Crippen LogP contribution in [-0.4, -0.2) is 20.1 Å². The molecule has 0 aliphatic heterocycles. The quantitative estimate of drug-likeness (QED) is 0.617. The standard InChI is InChI=1S/C16H25NO4S/c1-5-6-9-12-22(19,20)17-21-15(18)13-10-7-8-11-14(13)16(2,3)4/h7-8,10-11,17H,5-6,9,12H2,1-4H3. The Kier molecular flexibility index (Phi) is 6.56. The van der Waals surface area contributed by atoms with E-state index in [9.17, 15) is 13.2 Å². The van der Waals surface area contributed by atoms with Gasteiger partial charge in [-0.15, -0.1) is 0 Å². The van der Waals surface area contributed by atoms with E-state index >= 15 is 0 Å². The SMILES string of the molecule is CCCCCS(=O)(=O)NOC(=O)c1ccccc1C(C)(C)C. The minimum atomic E-state index is -3.60. The molecule has 0 heterocycles. The van der Waals surface area contributed by atoms with E-state index < -0.39 is 16.0 Å². The molecule has 0 fully saturated rings. The smallest absolute Gasteiger partial charge is 0.351 e. The summed E-state index contributed by atoms with van der Waals surface area (Å²) in [5.41, 5.74) is 0.937. The van der Waals surface area contributed by atoms with Crippen molar-refractivity contribution >= 4 is 16.0 Å². The molecule has 0 aliphatic carbocycles. The lowest BCUT2D eigenvalue weighted by molar-refractivity contribution is 0.0404. The Balaban J connectivity index is 2.75. The molecule has 124 valence electrons. The van der Waals surface area contributed by atoms with E-state index in [4.69, 9.17) is 4.84 Å². The number of rotatable bonds is 7. The molecule has 0 saturated carbocycles. The number of unbranched alkanes of at least 4 members (excludes halogenated alkanes) is 2. The first-order valence-electron chi connectivity index (χ1n) is 7.47. The van der Waals surface area contributed by atoms with Crippen molar-refractivity contribution in [2.24, 2.45) is 0 Å². The van der Waals surface area contributed by atoms with Gasteiger partial charge in [-0.2, -0.15) is 0 Å². The maximum atomic E-state index is 12.1. The van der Waals surface area contributed by atoms with E-state index in [-0.39, 0.29) is 11.2 Å². The molecule has 0 spiro atoms. The van der Waals surface area contributed by atoms with E-state index in [0.29, 0.717) is 12.0 Å². The van der Waals surface area contributed by atoms with E-state index in [2.05, 4.69) is 0 Å². The topological polar surface area (TPSA) is 72.5 Å². The van der Waals surface area contributed by atoms with E-state index in [1.54, 1.807) is 12.1 Å². The van der Waals surface area contributed by atoms with Crippen molar-refractivity contribution < 1.29 is 18.0 Å². The Morgan fingerprint density at radius 2 is 1.82 bits per heavy atom. The highest BCUT2D eigenvalue weighted by Gasteiger charge is 2.23. The predicted molar refractivity (Wildman–Crippen MR) is 87.0 cm³/mol. The lowest BCUT2D eigenvalue weighted by Gasteiger charge is -2.21. The average Bonchev–Trinajstić information content (AvgIpc) is 2.44. The summed E-state index contributed by atoms with van der Waals surface area (Å²) in [5, 5.41) is 0. The molecule has 1 N–H and O–H groups in total. The van der Waals surface area contributed by atoms with Crippen LogP contribution < -0.4 is 4.89 Å². The first-order chi connectivity index (χ1) is 10.2. The van der Waals surface area contributed by atoms with Gasteiger partial charge in [0.25, 0.3) is 0 Å². The van der Waals surface area contributed by atoms with Crippen molar-refractivity contribution in [3.63, 3.8) is 0 Å². The summed E-state index contributed by atoms with van der Waals surface area (Å²) in [6.45, 7) is 7.93. The molecule has 1 rings (SSSR count). The number of hydrogen-bond donors (Lipinski definition) is 1. The molecule has 0 aliphatic rings. The molecule has 1 aromatic rings. The molecule has 0 bridgehead atoms. The van der Waals surface area contributed by atoms with Gasteiger partial charge in [-0.3, -0.25) is 0 Å². The maximum Gasteiger partial charge on any atom is 0.358 e. The second kappa shape index (κ2) is 7.74. The monoisotopic (exact) mass is 327 g/mol. The summed E-state index contributed by atoms with van der Waals surface area (Å²) in [6.07, 6.45) is 2.29. The molecule has 0 atom stereocenters. The molecule has 5 nitrogen and oxygen atoms in total. The van der Waals surface area contributed by atoms with E-state index in [0.717, 1.165) is 18.4 Å². The lowest BCUT2D eigenvalue weighted by Crippen LogP contribution is -2.30. The summed E-state index contributed by atoms with van der Waals surface area (Å²) in [7, 11) is -3.60. The number of benzene rings is 1. The molecule has 0 unspecified atom stereocenters. The van der Waals surface area contributed by atoms with Gasteiger partial charge in [-0.25, -0.2) is 13.2 Å². The van der Waals surface area contributed by atoms with Gasteiger partial charge in [0.2, 0.25) is 10.0 Å². The Bertz CT molecular complexity index is 603. The van der Waals surface area contributed by atoms with Crippen LogP contribution in [-0.2, 0) is 20.3 Å². The number of carbonyl (C=O) groups is 1. The molecule has 1 aromatic carbocycles. The molecule has 0 radical (unpaired) electrons. The Morgan fingerprint density at radius 1 is 1.18 bits per heavy atom. The van der Waals surface area contributed by atoms with Gasteiger partial charge in [0.05, 0.1) is 11.3 Å². The van der Waals surface area contributed by atoms with Crippen LogP contribution in [0.2, 0.25) is 0 Å². The first-order valence-corrected chi connectivity index (χ1v) is 9.13. The number of hydrogen-bond acceptors (Lipinski definition) is 4. The zero-order valence-electron chi connectivity index (χ0n) is 13.7. The maximum absolute atomic E-state index is 12.1.